The van der Waals surface area contributed by atoms with E-state index in [9.17, 15) is 9.59 Å². The molecule has 19 heavy (non-hydrogen) atoms. The Bertz CT molecular complexity index is 367. The molecule has 0 saturated carbocycles. The molecule has 0 saturated heterocycles. The van der Waals surface area contributed by atoms with Crippen molar-refractivity contribution >= 4 is 29.1 Å². The number of carbonyl (C=O) groups excluding carboxylic acids is 2. The summed E-state index contributed by atoms with van der Waals surface area (Å²) < 4.78 is 10.1. The van der Waals surface area contributed by atoms with Crippen molar-refractivity contribution in [3.05, 3.63) is 0 Å². The molecule has 0 aromatic heterocycles. The van der Waals surface area contributed by atoms with Crippen LogP contribution in [0.1, 0.15) is 41.5 Å². The van der Waals surface area contributed by atoms with Crippen LogP contribution in [0.2, 0.25) is 0 Å². The Kier molecular flexibility index (Phi) is 6.35. The van der Waals surface area contributed by atoms with Gasteiger partial charge in [-0.3, -0.25) is 5.32 Å². The van der Waals surface area contributed by atoms with Crippen molar-refractivity contribution in [1.29, 1.82) is 0 Å². The van der Waals surface area contributed by atoms with Crippen LogP contribution in [0.25, 0.3) is 0 Å². The minimum atomic E-state index is -0.757. The van der Waals surface area contributed by atoms with Crippen LogP contribution in [0.3, 0.4) is 0 Å². The van der Waals surface area contributed by atoms with Crippen molar-refractivity contribution in [2.75, 3.05) is 6.26 Å². The van der Waals surface area contributed by atoms with Gasteiger partial charge < -0.3 is 9.47 Å². The summed E-state index contributed by atoms with van der Waals surface area (Å²) in [6.45, 7) is 10.4. The standard InChI is InChI=1S/C12H22N2O4S/c1-11(2,3)17-9(15)13-8(19-7)14-10(16)18-12(4,5)6/h1-7H3,(H,13,14,15,16)/i8+1,13+1,14+1. The average Bonchev–Trinajstić information content (AvgIpc) is 2.10. The summed E-state index contributed by atoms with van der Waals surface area (Å²) >= 11 is 1.12. The minimum absolute atomic E-state index is 0.128. The molecule has 7 heteroatoms. The first-order chi connectivity index (χ1) is 8.43. The highest BCUT2D eigenvalue weighted by Crippen LogP contribution is 2.10. The Labute approximate surface area is 118 Å². The maximum absolute atomic E-state index is 11.5. The zero-order chi connectivity index (χ0) is 15.3. The molecule has 110 valence electrons. The SMILES string of the molecule is CS[13C](=[15N]C(=O)OC(C)(C)C)[15NH]C(=O)OC(C)(C)C. The lowest BCUT2D eigenvalue weighted by molar-refractivity contribution is 0.0564. The van der Waals surface area contributed by atoms with E-state index < -0.39 is 23.4 Å². The number of hydrogen-bond acceptors (Lipinski definition) is 5. The van der Waals surface area contributed by atoms with E-state index >= 15 is 0 Å². The van der Waals surface area contributed by atoms with Gasteiger partial charge in [0.15, 0.2) is 5.17 Å². The Balaban J connectivity index is 4.58. The monoisotopic (exact) mass is 293 g/mol. The van der Waals surface area contributed by atoms with Gasteiger partial charge in [0, 0.05) is 0 Å². The maximum Gasteiger partial charge on any atom is 0.436 e. The molecule has 0 aromatic carbocycles. The molecule has 0 rings (SSSR count). The Hall–Kier alpha value is -1.24. The second-order valence-corrected chi connectivity index (χ2v) is 6.52. The molecule has 0 aliphatic carbocycles. The Morgan fingerprint density at radius 3 is 1.84 bits per heavy atom. The fourth-order valence-corrected chi connectivity index (χ4v) is 1.23. The molecule has 6 nitrogen and oxygen atoms in total. The van der Waals surface area contributed by atoms with Gasteiger partial charge >= 0.3 is 12.2 Å². The molecule has 0 unspecified atom stereocenters. The van der Waals surface area contributed by atoms with E-state index in [1.807, 2.05) is 0 Å². The summed E-state index contributed by atoms with van der Waals surface area (Å²) in [6.07, 6.45) is 0.262. The highest BCUT2D eigenvalue weighted by molar-refractivity contribution is 8.13. The normalized spacial score (nSPS) is 12.9. The number of amides is 2. The van der Waals surface area contributed by atoms with Crippen molar-refractivity contribution in [2.45, 2.75) is 52.7 Å². The van der Waals surface area contributed by atoms with Gasteiger partial charge in [-0.25, -0.2) is 9.59 Å². The van der Waals surface area contributed by atoms with E-state index in [1.54, 1.807) is 47.8 Å². The molecule has 0 radical (unpaired) electrons. The molecule has 0 aliphatic heterocycles. The number of amidine groups is 1. The molecule has 0 spiro atoms. The smallest absolute Gasteiger partial charge is 0.436 e. The average molecular weight is 293 g/mol. The predicted octanol–water partition coefficient (Wildman–Crippen LogP) is 3.17. The van der Waals surface area contributed by atoms with Crippen LogP contribution in [0.4, 0.5) is 9.59 Å². The molecular weight excluding hydrogens is 271 g/mol. The largest absolute Gasteiger partial charge is 0.444 e. The molecule has 1 N–H and O–H groups in total. The molecule has 0 atom stereocenters. The quantitative estimate of drug-likeness (QED) is 0.321. The molecule has 0 aromatic rings. The zero-order valence-corrected chi connectivity index (χ0v) is 13.3. The van der Waals surface area contributed by atoms with Gasteiger partial charge in [-0.1, -0.05) is 11.8 Å². The third-order valence-electron chi connectivity index (χ3n) is 1.39. The molecule has 2 amide bonds. The van der Waals surface area contributed by atoms with Crippen molar-refractivity contribution in [3.63, 3.8) is 0 Å². The van der Waals surface area contributed by atoms with E-state index in [-0.39, 0.29) is 5.17 Å². The van der Waals surface area contributed by atoms with Crippen LogP contribution in [-0.4, -0.2) is 34.8 Å². The third kappa shape index (κ3) is 10.4. The fraction of sp³-hybridized carbons (Fsp3) is 0.750. The van der Waals surface area contributed by atoms with Crippen LogP contribution < -0.4 is 5.32 Å². The highest BCUT2D eigenvalue weighted by Gasteiger charge is 2.19. The van der Waals surface area contributed by atoms with Crippen LogP contribution in [0, 0.1) is 0 Å². The Morgan fingerprint density at radius 1 is 1.00 bits per heavy atom. The van der Waals surface area contributed by atoms with Gasteiger partial charge in [-0.2, -0.15) is 4.99 Å². The number of nitrogens with one attached hydrogen (secondary N) is 1. The van der Waals surface area contributed by atoms with E-state index in [4.69, 9.17) is 9.47 Å². The molecule has 0 bridgehead atoms. The van der Waals surface area contributed by atoms with Gasteiger partial charge in [-0.05, 0) is 47.8 Å². The van der Waals surface area contributed by atoms with Crippen LogP contribution in [0.15, 0.2) is 4.99 Å². The van der Waals surface area contributed by atoms with Crippen molar-refractivity contribution in [2.24, 2.45) is 4.99 Å². The van der Waals surface area contributed by atoms with Gasteiger partial charge in [-0.15, -0.1) is 0 Å². The third-order valence-corrected chi connectivity index (χ3v) is 1.97. The lowest BCUT2D eigenvalue weighted by Crippen LogP contribution is -2.35. The first-order valence-corrected chi connectivity index (χ1v) is 7.01. The highest BCUT2D eigenvalue weighted by atomic mass is 32.2. The van der Waals surface area contributed by atoms with Gasteiger partial charge in [0.1, 0.15) is 11.2 Å². The maximum atomic E-state index is 11.5. The van der Waals surface area contributed by atoms with E-state index in [1.165, 1.54) is 0 Å². The van der Waals surface area contributed by atoms with Crippen LogP contribution in [0.5, 0.6) is 0 Å². The van der Waals surface area contributed by atoms with E-state index in [0.29, 0.717) is 0 Å². The second-order valence-electron chi connectivity index (χ2n) is 5.73. The summed E-state index contributed by atoms with van der Waals surface area (Å²) in [4.78, 5) is 26.7. The molecular formula is C12H22N2O4S. The minimum Gasteiger partial charge on any atom is -0.444 e. The van der Waals surface area contributed by atoms with Crippen molar-refractivity contribution in [3.8, 4) is 0 Å². The van der Waals surface area contributed by atoms with Gasteiger partial charge in [0.05, 0.1) is 0 Å². The fourth-order valence-electron chi connectivity index (χ4n) is 0.883. The molecule has 0 aliphatic rings. The number of ether oxygens (including phenoxy) is 2. The van der Waals surface area contributed by atoms with E-state index in [0.717, 1.165) is 11.8 Å². The number of hydrogen-bond donors (Lipinski definition) is 1. The summed E-state index contributed by atoms with van der Waals surface area (Å²) in [5.74, 6) is 0. The summed E-state index contributed by atoms with van der Waals surface area (Å²) in [7, 11) is 0. The van der Waals surface area contributed by atoms with Crippen LogP contribution >= 0.6 is 11.8 Å². The van der Waals surface area contributed by atoms with Gasteiger partial charge in [0.2, 0.25) is 0 Å². The second kappa shape index (κ2) is 6.79. The van der Waals surface area contributed by atoms with Crippen LogP contribution in [-0.2, 0) is 9.47 Å². The first kappa shape index (κ1) is 17.8. The number of nitrogens with zero attached hydrogens (tertiary/aromatic N) is 1. The number of aliphatic imine (C=N–C) groups is 1. The topological polar surface area (TPSA) is 77.0 Å². The summed E-state index contributed by atoms with van der Waals surface area (Å²) in [5, 5.41) is 2.52. The molecule has 0 heterocycles. The first-order valence-electron chi connectivity index (χ1n) is 5.78. The number of rotatable bonds is 0. The molecule has 0 fully saturated rings. The predicted molar refractivity (Wildman–Crippen MR) is 76.6 cm³/mol. The lowest BCUT2D eigenvalue weighted by Gasteiger charge is -2.20. The lowest BCUT2D eigenvalue weighted by atomic mass is 10.2. The zero-order valence-electron chi connectivity index (χ0n) is 12.5. The Morgan fingerprint density at radius 2 is 1.47 bits per heavy atom. The number of carbonyl (C=O) groups is 2. The summed E-state index contributed by atoms with van der Waals surface area (Å²) in [6, 6.07) is 0. The number of thioether (sulfide) groups is 1. The summed E-state index contributed by atoms with van der Waals surface area (Å²) in [5.41, 5.74) is -1.24. The number of alkyl carbamates (subject to hydrolysis) is 1. The van der Waals surface area contributed by atoms with E-state index in [2.05, 4.69) is 10.3 Å². The van der Waals surface area contributed by atoms with Crippen molar-refractivity contribution in [1.82, 2.24) is 5.32 Å². The van der Waals surface area contributed by atoms with Gasteiger partial charge in [0.25, 0.3) is 0 Å². The van der Waals surface area contributed by atoms with Crippen molar-refractivity contribution < 1.29 is 19.1 Å².